The molecule has 160 valence electrons. The molecule has 2 aliphatic heterocycles. The van der Waals surface area contributed by atoms with Crippen molar-refractivity contribution in [1.29, 1.82) is 0 Å². The number of carbonyl (C=O) groups is 4. The Morgan fingerprint density at radius 3 is 1.19 bits per heavy atom. The Morgan fingerprint density at radius 2 is 0.844 bits per heavy atom. The maximum atomic E-state index is 12.4. The molecule has 0 aliphatic carbocycles. The molecule has 3 aromatic rings. The first-order valence-corrected chi connectivity index (χ1v) is 9.36. The summed E-state index contributed by atoms with van der Waals surface area (Å²) in [6.45, 7) is 3.19. The van der Waals surface area contributed by atoms with Gasteiger partial charge in [-0.1, -0.05) is 47.4 Å². The Labute approximate surface area is 200 Å². The molecule has 0 bridgehead atoms. The van der Waals surface area contributed by atoms with Crippen LogP contribution in [0.15, 0.2) is 60.4 Å². The normalized spacial score (nSPS) is 18.8. The average Bonchev–Trinajstić information content (AvgIpc) is 3.33. The molecule has 32 heavy (non-hydrogen) atoms. The van der Waals surface area contributed by atoms with Gasteiger partial charge in [-0.2, -0.15) is 0 Å². The number of hydrogen-bond donors (Lipinski definition) is 0. The van der Waals surface area contributed by atoms with Crippen molar-refractivity contribution in [3.8, 4) is 11.1 Å². The van der Waals surface area contributed by atoms with Crippen molar-refractivity contribution in [3.63, 3.8) is 0 Å². The number of hydrogen-bond acceptors (Lipinski definition) is 4. The van der Waals surface area contributed by atoms with Gasteiger partial charge in [0.2, 0.25) is 0 Å². The first-order valence-electron chi connectivity index (χ1n) is 14.4. The van der Waals surface area contributed by atoms with Crippen molar-refractivity contribution in [3.05, 3.63) is 93.8 Å². The van der Waals surface area contributed by atoms with E-state index in [1.165, 1.54) is 0 Å². The molecule has 0 fully saturated rings. The van der Waals surface area contributed by atoms with Crippen LogP contribution in [0.25, 0.3) is 11.1 Å². The minimum absolute atomic E-state index is 0.0634. The van der Waals surface area contributed by atoms with E-state index in [4.69, 9.17) is 13.7 Å². The molecule has 2 heterocycles. The van der Waals surface area contributed by atoms with Crippen molar-refractivity contribution in [2.45, 2.75) is 13.8 Å². The van der Waals surface area contributed by atoms with Gasteiger partial charge in [0.1, 0.15) is 0 Å². The standard InChI is InChI=1S/C18H12N2O4.C8H10/c1-19-15(21)11-5-3-9(7-13(11)17(19)23)10-4-6-12-14(8-10)18(24)20(2)16(12)22;1-7-3-5-8(2)6-4-7/h3-8H,1-2H3;3-6H,1-2H3/i3D,4D,5D,6D,7D,8D;3D,4D,5D,6D. The molecule has 0 radical (unpaired) electrons. The molecule has 6 heteroatoms. The Hall–Kier alpha value is -4.06. The van der Waals surface area contributed by atoms with Crippen molar-refractivity contribution in [2.24, 2.45) is 0 Å². The summed E-state index contributed by atoms with van der Waals surface area (Å²) in [6, 6.07) is -3.76. The summed E-state index contributed by atoms with van der Waals surface area (Å²) in [5.41, 5.74) is -1.87. The molecule has 0 atom stereocenters. The number of carbonyl (C=O) groups excluding carboxylic acids is 4. The zero-order valence-corrected chi connectivity index (χ0v) is 17.5. The van der Waals surface area contributed by atoms with Crippen LogP contribution < -0.4 is 0 Å². The van der Waals surface area contributed by atoms with Crippen LogP contribution in [0.4, 0.5) is 0 Å². The SMILES string of the molecule is [2H]c1c([2H])c(-c2c([2H])c([2H])c3c(c2[2H])C(=O)N(C)C3=O)c([2H])c2c1C(=O)N(C)C2=O.[2H]c1c([2H])c(C)c([2H])c([2H])c1C. The lowest BCUT2D eigenvalue weighted by Gasteiger charge is -2.05. The molecular weight excluding hydrogens is 404 g/mol. The second-order valence-corrected chi connectivity index (χ2v) is 7.09. The van der Waals surface area contributed by atoms with Crippen molar-refractivity contribution >= 4 is 23.6 Å². The third-order valence-electron chi connectivity index (χ3n) is 4.82. The van der Waals surface area contributed by atoms with E-state index in [0.29, 0.717) is 20.9 Å². The van der Waals surface area contributed by atoms with Crippen LogP contribution in [0.3, 0.4) is 0 Å². The number of fused-ring (bicyclic) bond motifs is 2. The highest BCUT2D eigenvalue weighted by Gasteiger charge is 2.34. The van der Waals surface area contributed by atoms with Crippen LogP contribution in [0.5, 0.6) is 0 Å². The highest BCUT2D eigenvalue weighted by Crippen LogP contribution is 2.31. The highest BCUT2D eigenvalue weighted by molar-refractivity contribution is 6.22. The van der Waals surface area contributed by atoms with Gasteiger partial charge in [-0.25, -0.2) is 0 Å². The van der Waals surface area contributed by atoms with Crippen LogP contribution in [0, 0.1) is 13.8 Å². The highest BCUT2D eigenvalue weighted by atomic mass is 16.2. The van der Waals surface area contributed by atoms with E-state index in [2.05, 4.69) is 0 Å². The first kappa shape index (κ1) is 12.1. The van der Waals surface area contributed by atoms with Gasteiger partial charge in [0.25, 0.3) is 23.6 Å². The van der Waals surface area contributed by atoms with Crippen LogP contribution >= 0.6 is 0 Å². The maximum Gasteiger partial charge on any atom is 0.261 e. The molecule has 6 nitrogen and oxygen atoms in total. The number of nitrogens with zero attached hydrogens (tertiary/aromatic N) is 2. The van der Waals surface area contributed by atoms with Crippen LogP contribution in [0.1, 0.15) is 66.3 Å². The Kier molecular flexibility index (Phi) is 2.98. The third kappa shape index (κ3) is 3.50. The molecule has 0 aromatic heterocycles. The average molecular weight is 437 g/mol. The van der Waals surface area contributed by atoms with Gasteiger partial charge in [0.15, 0.2) is 0 Å². The third-order valence-corrected chi connectivity index (χ3v) is 4.82. The van der Waals surface area contributed by atoms with Gasteiger partial charge in [0, 0.05) is 14.1 Å². The molecule has 5 rings (SSSR count). The van der Waals surface area contributed by atoms with Crippen LogP contribution in [-0.4, -0.2) is 47.5 Å². The van der Waals surface area contributed by atoms with E-state index in [-0.39, 0.29) is 24.2 Å². The summed E-state index contributed by atoms with van der Waals surface area (Å²) < 4.78 is 79.4. The fraction of sp³-hybridized carbons (Fsp3) is 0.154. The number of benzene rings is 3. The number of rotatable bonds is 1. The zero-order valence-electron chi connectivity index (χ0n) is 27.5. The molecule has 0 N–H and O–H groups in total. The van der Waals surface area contributed by atoms with E-state index in [1.54, 1.807) is 13.8 Å². The topological polar surface area (TPSA) is 74.8 Å². The predicted molar refractivity (Wildman–Crippen MR) is 121 cm³/mol. The molecule has 4 amide bonds. The maximum absolute atomic E-state index is 12.4. The van der Waals surface area contributed by atoms with E-state index in [0.717, 1.165) is 14.1 Å². The molecule has 2 aliphatic rings. The van der Waals surface area contributed by atoms with Crippen molar-refractivity contribution in [2.75, 3.05) is 14.1 Å². The number of imide groups is 2. The lowest BCUT2D eigenvalue weighted by Crippen LogP contribution is -2.24. The van der Waals surface area contributed by atoms with Gasteiger partial charge in [-0.15, -0.1) is 0 Å². The predicted octanol–water partition coefficient (Wildman–Crippen LogP) is 4.11. The Bertz CT molecular complexity index is 1620. The van der Waals surface area contributed by atoms with Gasteiger partial charge < -0.3 is 0 Å². The van der Waals surface area contributed by atoms with Gasteiger partial charge >= 0.3 is 0 Å². The summed E-state index contributed by atoms with van der Waals surface area (Å²) >= 11 is 0. The summed E-state index contributed by atoms with van der Waals surface area (Å²) in [7, 11) is 2.33. The molecule has 3 aromatic carbocycles. The lowest BCUT2D eigenvalue weighted by molar-refractivity contribution is 0.0677. The molecule has 0 unspecified atom stereocenters. The Balaban J connectivity index is 0.000000283. The second-order valence-electron chi connectivity index (χ2n) is 7.09. The molecule has 0 saturated carbocycles. The van der Waals surface area contributed by atoms with Gasteiger partial charge in [-0.3, -0.25) is 29.0 Å². The van der Waals surface area contributed by atoms with Crippen LogP contribution in [-0.2, 0) is 0 Å². The van der Waals surface area contributed by atoms with Gasteiger partial charge in [-0.05, 0) is 49.1 Å². The molecular formula is C26H22N2O4. The van der Waals surface area contributed by atoms with Gasteiger partial charge in [0.05, 0.1) is 36.0 Å². The molecule has 0 saturated heterocycles. The first-order chi connectivity index (χ1) is 19.4. The summed E-state index contributed by atoms with van der Waals surface area (Å²) in [5.74, 6) is -3.43. The fourth-order valence-corrected chi connectivity index (χ4v) is 3.00. The van der Waals surface area contributed by atoms with E-state index >= 15 is 0 Å². The van der Waals surface area contributed by atoms with Crippen molar-refractivity contribution < 1.29 is 32.9 Å². The lowest BCUT2D eigenvalue weighted by atomic mass is 9.97. The summed E-state index contributed by atoms with van der Waals surface area (Å²) in [5, 5.41) is 0. The largest absolute Gasteiger partial charge is 0.277 e. The quantitative estimate of drug-likeness (QED) is 0.538. The minimum atomic E-state index is -0.869. The summed E-state index contributed by atoms with van der Waals surface area (Å²) in [6.07, 6.45) is 0. The minimum Gasteiger partial charge on any atom is -0.277 e. The monoisotopic (exact) mass is 436 g/mol. The number of amides is 4. The molecule has 0 spiro atoms. The van der Waals surface area contributed by atoms with E-state index in [9.17, 15) is 19.2 Å². The van der Waals surface area contributed by atoms with E-state index in [1.807, 2.05) is 0 Å². The van der Waals surface area contributed by atoms with E-state index < -0.39 is 93.3 Å². The Morgan fingerprint density at radius 1 is 0.531 bits per heavy atom. The summed E-state index contributed by atoms with van der Waals surface area (Å²) in [4.78, 5) is 50.8. The van der Waals surface area contributed by atoms with Crippen molar-refractivity contribution in [1.82, 2.24) is 9.80 Å². The smallest absolute Gasteiger partial charge is 0.261 e. The fourth-order valence-electron chi connectivity index (χ4n) is 3.00. The zero-order chi connectivity index (χ0) is 31.9. The second kappa shape index (κ2) is 7.89. The van der Waals surface area contributed by atoms with Crippen LogP contribution in [0.2, 0.25) is 0 Å².